The van der Waals surface area contributed by atoms with E-state index >= 15 is 0 Å². The summed E-state index contributed by atoms with van der Waals surface area (Å²) < 4.78 is 0. The maximum absolute atomic E-state index is 0. The van der Waals surface area contributed by atoms with Crippen molar-refractivity contribution in [2.45, 2.75) is 0 Å². The van der Waals surface area contributed by atoms with Crippen molar-refractivity contribution in [1.82, 2.24) is 0 Å². The van der Waals surface area contributed by atoms with Crippen molar-refractivity contribution in [3.05, 3.63) is 0 Å². The molecule has 0 unspecified atom stereocenters. The molecule has 0 aliphatic rings. The summed E-state index contributed by atoms with van der Waals surface area (Å²) in [5, 5.41) is 0. The van der Waals surface area contributed by atoms with Crippen LogP contribution in [-0.2, 0) is 16.4 Å². The summed E-state index contributed by atoms with van der Waals surface area (Å²) in [6, 6.07) is 0. The molecule has 0 saturated heterocycles. The Labute approximate surface area is 95.0 Å². The van der Waals surface area contributed by atoms with Gasteiger partial charge in [-0.15, -0.1) is 0 Å². The van der Waals surface area contributed by atoms with E-state index in [0.717, 1.165) is 0 Å². The van der Waals surface area contributed by atoms with Crippen LogP contribution in [0.25, 0.3) is 0 Å². The van der Waals surface area contributed by atoms with E-state index < -0.39 is 0 Å². The summed E-state index contributed by atoms with van der Waals surface area (Å²) in [5.41, 5.74) is 0. The standard InChI is InChI=1S/3O.2Sm/q3*-2;2*+3/i;;;2*1+2. The molecule has 0 amide bonds. The molecule has 0 heterocycles. The monoisotopic (exact) mass is 352 g/mol. The molecule has 0 aromatic heterocycles. The molecule has 0 aliphatic carbocycles. The fourth-order valence-corrected chi connectivity index (χ4v) is 0. The van der Waals surface area contributed by atoms with Crippen LogP contribution >= 0.6 is 0 Å². The van der Waals surface area contributed by atoms with Gasteiger partial charge in [0.15, 0.2) is 0 Å². The molecule has 0 aromatic carbocycles. The van der Waals surface area contributed by atoms with Gasteiger partial charge in [0.1, 0.15) is 0 Å². The van der Waals surface area contributed by atoms with Crippen LogP contribution in [0.5, 0.6) is 0 Å². The van der Waals surface area contributed by atoms with Gasteiger partial charge in [-0.05, 0) is 0 Å². The Morgan fingerprint density at radius 3 is 0.400 bits per heavy atom. The SMILES string of the molecule is [152Sm+3].[152Sm+3].[O-2].[O-2].[O-2]. The van der Waals surface area contributed by atoms with Crippen molar-refractivity contribution in [2.24, 2.45) is 0 Å². The molecule has 0 atom stereocenters. The second-order valence-electron chi connectivity index (χ2n) is 0. The van der Waals surface area contributed by atoms with Crippen LogP contribution < -0.4 is 0 Å². The molecular formula is O3Sm2. The largest absolute Gasteiger partial charge is 3.00 e. The van der Waals surface area contributed by atoms with E-state index in [-0.39, 0.29) is 97.2 Å². The fraction of sp³-hybridized carbons (Fsp3) is 0. The van der Waals surface area contributed by atoms with Crippen LogP contribution in [-0.4, -0.2) is 0 Å². The third kappa shape index (κ3) is 20.8. The van der Waals surface area contributed by atoms with Crippen molar-refractivity contribution >= 4 is 0 Å². The second-order valence-corrected chi connectivity index (χ2v) is 0. The van der Waals surface area contributed by atoms with Crippen LogP contribution in [0.4, 0.5) is 0 Å². The van der Waals surface area contributed by atoms with Gasteiger partial charge < -0.3 is 16.4 Å². The van der Waals surface area contributed by atoms with E-state index in [1.54, 1.807) is 0 Å². The van der Waals surface area contributed by atoms with Gasteiger partial charge in [0.25, 0.3) is 0 Å². The predicted molar refractivity (Wildman–Crippen MR) is 2.06 cm³/mol. The molecule has 0 spiro atoms. The Bertz CT molecular complexity index is 4.85. The van der Waals surface area contributed by atoms with Crippen molar-refractivity contribution in [2.75, 3.05) is 0 Å². The normalized spacial score (nSPS) is 0. The zero-order valence-electron chi connectivity index (χ0n) is 2.04. The Hall–Kier alpha value is 2.56. The van der Waals surface area contributed by atoms with Gasteiger partial charge in [0.2, 0.25) is 0 Å². The number of rotatable bonds is 0. The Morgan fingerprint density at radius 2 is 0.400 bits per heavy atom. The third-order valence-electron chi connectivity index (χ3n) is 0. The van der Waals surface area contributed by atoms with Crippen LogP contribution in [0.15, 0.2) is 0 Å². The first-order valence-electron chi connectivity index (χ1n) is 0. The zero-order valence-corrected chi connectivity index (χ0v) is 7.28. The maximum atomic E-state index is 0. The number of hydrogen-bond donors (Lipinski definition) is 0. The van der Waals surface area contributed by atoms with E-state index in [9.17, 15) is 0 Å². The van der Waals surface area contributed by atoms with Crippen molar-refractivity contribution in [1.29, 1.82) is 0 Å². The van der Waals surface area contributed by atoms with Gasteiger partial charge in [0, 0.05) is 0 Å². The minimum atomic E-state index is 0. The van der Waals surface area contributed by atoms with Gasteiger partial charge in [-0.1, -0.05) is 0 Å². The van der Waals surface area contributed by atoms with Crippen LogP contribution in [0.3, 0.4) is 0 Å². The third-order valence-corrected chi connectivity index (χ3v) is 0. The van der Waals surface area contributed by atoms with Gasteiger partial charge in [-0.25, -0.2) is 0 Å². The summed E-state index contributed by atoms with van der Waals surface area (Å²) in [7, 11) is 0. The van der Waals surface area contributed by atoms with Gasteiger partial charge in [0.05, 0.1) is 0 Å². The molecule has 0 fully saturated rings. The quantitative estimate of drug-likeness (QED) is 0.571. The average Bonchev–Trinajstić information content (AvgIpc) is 0. The summed E-state index contributed by atoms with van der Waals surface area (Å²) in [4.78, 5) is 0. The van der Waals surface area contributed by atoms with Crippen LogP contribution in [0.2, 0.25) is 0 Å². The molecule has 0 saturated carbocycles. The molecular weight excluding hydrogens is 352 g/mol. The molecule has 5 heteroatoms. The van der Waals surface area contributed by atoms with Crippen molar-refractivity contribution < 1.29 is 97.2 Å². The van der Waals surface area contributed by atoms with Gasteiger partial charge in [-0.3, -0.25) is 0 Å². The molecule has 5 heavy (non-hydrogen) atoms. The average molecular weight is 352 g/mol. The smallest absolute Gasteiger partial charge is 2.00 e. The van der Waals surface area contributed by atoms with E-state index in [4.69, 9.17) is 0 Å². The Balaban J connectivity index is 0. The zero-order chi connectivity index (χ0) is 0. The van der Waals surface area contributed by atoms with Crippen LogP contribution in [0, 0.1) is 80.8 Å². The molecule has 30 valence electrons. The van der Waals surface area contributed by atoms with Gasteiger partial charge in [-0.2, -0.15) is 0 Å². The number of hydrogen-bond acceptors (Lipinski definition) is 0. The fourth-order valence-electron chi connectivity index (χ4n) is 0. The van der Waals surface area contributed by atoms with E-state index in [1.165, 1.54) is 0 Å². The van der Waals surface area contributed by atoms with Gasteiger partial charge >= 0.3 is 80.8 Å². The Morgan fingerprint density at radius 1 is 0.400 bits per heavy atom. The molecule has 0 bridgehead atoms. The first-order valence-corrected chi connectivity index (χ1v) is 0. The minimum absolute atomic E-state index is 0. The molecule has 0 rings (SSSR count). The second kappa shape index (κ2) is 31.0. The van der Waals surface area contributed by atoms with Crippen molar-refractivity contribution in [3.8, 4) is 0 Å². The predicted octanol–water partition coefficient (Wildman–Crippen LogP) is -0.356. The molecule has 0 N–H and O–H groups in total. The molecule has 2 radical (unpaired) electrons. The molecule has 0 aromatic rings. The van der Waals surface area contributed by atoms with E-state index in [0.29, 0.717) is 0 Å². The Kier molecular flexibility index (Phi) is 308. The van der Waals surface area contributed by atoms with Crippen LogP contribution in [0.1, 0.15) is 0 Å². The van der Waals surface area contributed by atoms with E-state index in [2.05, 4.69) is 0 Å². The summed E-state index contributed by atoms with van der Waals surface area (Å²) in [6.07, 6.45) is 0. The van der Waals surface area contributed by atoms with Crippen molar-refractivity contribution in [3.63, 3.8) is 0 Å². The summed E-state index contributed by atoms with van der Waals surface area (Å²) in [5.74, 6) is 0. The molecule has 3 nitrogen and oxygen atoms in total. The molecule has 0 aliphatic heterocycles. The topological polar surface area (TPSA) is 85.5 Å². The first kappa shape index (κ1) is 49.7. The summed E-state index contributed by atoms with van der Waals surface area (Å²) in [6.45, 7) is 0. The first-order chi connectivity index (χ1) is 0. The summed E-state index contributed by atoms with van der Waals surface area (Å²) >= 11 is 0. The maximum Gasteiger partial charge on any atom is 3.00 e. The van der Waals surface area contributed by atoms with E-state index in [1.807, 2.05) is 0 Å². The minimum Gasteiger partial charge on any atom is -2.00 e.